The lowest BCUT2D eigenvalue weighted by molar-refractivity contribution is -0.149. The predicted octanol–water partition coefficient (Wildman–Crippen LogP) is 1.85. The molecular weight excluding hydrogens is 342 g/mol. The van der Waals surface area contributed by atoms with Crippen molar-refractivity contribution in [2.75, 3.05) is 31.0 Å². The molecule has 2 rings (SSSR count). The lowest BCUT2D eigenvalue weighted by atomic mass is 9.94. The number of rotatable bonds is 7. The molecule has 0 atom stereocenters. The van der Waals surface area contributed by atoms with Crippen LogP contribution in [0.4, 0.5) is 5.69 Å². The van der Waals surface area contributed by atoms with E-state index in [1.165, 1.54) is 4.31 Å². The molecule has 1 heterocycles. The van der Waals surface area contributed by atoms with Gasteiger partial charge in [-0.3, -0.25) is 9.10 Å². The van der Waals surface area contributed by atoms with Gasteiger partial charge in [0.2, 0.25) is 5.91 Å². The molecule has 0 bridgehead atoms. The van der Waals surface area contributed by atoms with E-state index in [9.17, 15) is 13.2 Å². The van der Waals surface area contributed by atoms with Crippen LogP contribution in [0, 0.1) is 12.8 Å². The van der Waals surface area contributed by atoms with Crippen LogP contribution in [0.3, 0.4) is 0 Å². The number of piperidine rings is 1. The van der Waals surface area contributed by atoms with Gasteiger partial charge in [0.05, 0.1) is 12.8 Å². The van der Waals surface area contributed by atoms with Gasteiger partial charge in [0.1, 0.15) is 0 Å². The standard InChI is InChI=1S/C17H27N3O4S/c1-4-20(16-8-6-5-7-14(16)2)25(22,23)18-17(21)13-15-9-11-19(24-3)12-10-15/h5-8,15H,4,9-13H2,1-3H3,(H,18,21). The SMILES string of the molecule is CCN(c1ccccc1C)S(=O)(=O)NC(=O)CC1CCN(OC)CC1. The lowest BCUT2D eigenvalue weighted by Gasteiger charge is -2.30. The van der Waals surface area contributed by atoms with Gasteiger partial charge in [0.25, 0.3) is 0 Å². The summed E-state index contributed by atoms with van der Waals surface area (Å²) in [4.78, 5) is 17.4. The fourth-order valence-electron chi connectivity index (χ4n) is 3.11. The Morgan fingerprint density at radius 1 is 1.32 bits per heavy atom. The fraction of sp³-hybridized carbons (Fsp3) is 0.588. The topological polar surface area (TPSA) is 79.0 Å². The minimum Gasteiger partial charge on any atom is -0.302 e. The Kier molecular flexibility index (Phi) is 6.80. The second kappa shape index (κ2) is 8.64. The molecular formula is C17H27N3O4S. The summed E-state index contributed by atoms with van der Waals surface area (Å²) in [5.41, 5.74) is 1.42. The zero-order valence-electron chi connectivity index (χ0n) is 15.1. The number of aryl methyl sites for hydroxylation is 1. The van der Waals surface area contributed by atoms with Gasteiger partial charge in [0, 0.05) is 26.1 Å². The van der Waals surface area contributed by atoms with Crippen molar-refractivity contribution in [2.45, 2.75) is 33.1 Å². The van der Waals surface area contributed by atoms with Crippen molar-refractivity contribution < 1.29 is 18.0 Å². The Labute approximate surface area is 150 Å². The molecule has 1 aromatic rings. The van der Waals surface area contributed by atoms with Gasteiger partial charge >= 0.3 is 10.2 Å². The number of amides is 1. The monoisotopic (exact) mass is 369 g/mol. The minimum absolute atomic E-state index is 0.176. The minimum atomic E-state index is -3.91. The lowest BCUT2D eigenvalue weighted by Crippen LogP contribution is -2.44. The van der Waals surface area contributed by atoms with Crippen LogP contribution in [0.25, 0.3) is 0 Å². The maximum absolute atomic E-state index is 12.6. The molecule has 1 saturated heterocycles. The molecule has 1 aliphatic heterocycles. The predicted molar refractivity (Wildman–Crippen MR) is 97.2 cm³/mol. The summed E-state index contributed by atoms with van der Waals surface area (Å²) < 4.78 is 28.7. The summed E-state index contributed by atoms with van der Waals surface area (Å²) in [7, 11) is -2.29. The van der Waals surface area contributed by atoms with Crippen molar-refractivity contribution in [1.29, 1.82) is 0 Å². The number of carbonyl (C=O) groups is 1. The highest BCUT2D eigenvalue weighted by Crippen LogP contribution is 2.23. The number of hydrogen-bond acceptors (Lipinski definition) is 5. The Morgan fingerprint density at radius 2 is 1.96 bits per heavy atom. The summed E-state index contributed by atoms with van der Waals surface area (Å²) in [6.45, 7) is 5.35. The molecule has 0 radical (unpaired) electrons. The maximum atomic E-state index is 12.6. The first-order valence-electron chi connectivity index (χ1n) is 8.55. The number of anilines is 1. The molecule has 140 valence electrons. The second-order valence-electron chi connectivity index (χ2n) is 6.24. The van der Waals surface area contributed by atoms with Crippen LogP contribution in [-0.2, 0) is 19.8 Å². The largest absolute Gasteiger partial charge is 0.326 e. The number of carbonyl (C=O) groups excluding carboxylic acids is 1. The number of hydrogen-bond donors (Lipinski definition) is 1. The molecule has 1 N–H and O–H groups in total. The van der Waals surface area contributed by atoms with Crippen molar-refractivity contribution in [3.63, 3.8) is 0 Å². The van der Waals surface area contributed by atoms with Crippen molar-refractivity contribution in [3.8, 4) is 0 Å². The molecule has 0 aliphatic carbocycles. The van der Waals surface area contributed by atoms with Crippen LogP contribution in [0.2, 0.25) is 0 Å². The van der Waals surface area contributed by atoms with Gasteiger partial charge in [0.15, 0.2) is 0 Å². The van der Waals surface area contributed by atoms with Gasteiger partial charge in [-0.2, -0.15) is 13.5 Å². The highest BCUT2D eigenvalue weighted by atomic mass is 32.2. The van der Waals surface area contributed by atoms with E-state index in [4.69, 9.17) is 4.84 Å². The van der Waals surface area contributed by atoms with Gasteiger partial charge in [-0.25, -0.2) is 4.72 Å². The van der Waals surface area contributed by atoms with Gasteiger partial charge in [-0.15, -0.1) is 0 Å². The van der Waals surface area contributed by atoms with Crippen LogP contribution >= 0.6 is 0 Å². The van der Waals surface area contributed by atoms with Gasteiger partial charge < -0.3 is 4.84 Å². The zero-order valence-corrected chi connectivity index (χ0v) is 15.9. The van der Waals surface area contributed by atoms with Crippen molar-refractivity contribution in [2.24, 2.45) is 5.92 Å². The molecule has 7 nitrogen and oxygen atoms in total. The van der Waals surface area contributed by atoms with E-state index in [1.54, 1.807) is 26.2 Å². The van der Waals surface area contributed by atoms with Crippen molar-refractivity contribution in [3.05, 3.63) is 29.8 Å². The summed E-state index contributed by atoms with van der Waals surface area (Å²) in [5, 5.41) is 1.85. The van der Waals surface area contributed by atoms with Crippen molar-refractivity contribution in [1.82, 2.24) is 9.79 Å². The average molecular weight is 369 g/mol. The van der Waals surface area contributed by atoms with E-state index in [2.05, 4.69) is 4.72 Å². The number of hydroxylamine groups is 2. The Hall–Kier alpha value is -1.64. The first-order valence-corrected chi connectivity index (χ1v) is 9.99. The zero-order chi connectivity index (χ0) is 18.4. The van der Waals surface area contributed by atoms with E-state index >= 15 is 0 Å². The third-order valence-electron chi connectivity index (χ3n) is 4.51. The Bertz CT molecular complexity index is 685. The van der Waals surface area contributed by atoms with E-state index in [-0.39, 0.29) is 18.9 Å². The van der Waals surface area contributed by atoms with Crippen LogP contribution in [0.1, 0.15) is 31.7 Å². The van der Waals surface area contributed by atoms with E-state index < -0.39 is 16.1 Å². The summed E-state index contributed by atoms with van der Waals surface area (Å²) in [6.07, 6.45) is 1.84. The number of benzene rings is 1. The third kappa shape index (κ3) is 5.17. The Morgan fingerprint density at radius 3 is 2.52 bits per heavy atom. The van der Waals surface area contributed by atoms with E-state index in [0.717, 1.165) is 31.5 Å². The number of nitrogens with one attached hydrogen (secondary N) is 1. The van der Waals surface area contributed by atoms with E-state index in [1.807, 2.05) is 24.1 Å². The summed E-state index contributed by atoms with van der Waals surface area (Å²) in [6, 6.07) is 7.22. The summed E-state index contributed by atoms with van der Waals surface area (Å²) in [5.74, 6) is -0.280. The molecule has 1 fully saturated rings. The van der Waals surface area contributed by atoms with Crippen LogP contribution in [0.5, 0.6) is 0 Å². The van der Waals surface area contributed by atoms with Crippen LogP contribution in [-0.4, -0.2) is 46.1 Å². The molecule has 1 aromatic carbocycles. The first-order chi connectivity index (χ1) is 11.9. The van der Waals surface area contributed by atoms with Crippen molar-refractivity contribution >= 4 is 21.8 Å². The van der Waals surface area contributed by atoms with Crippen LogP contribution in [0.15, 0.2) is 24.3 Å². The first kappa shape index (κ1) is 19.7. The molecule has 0 saturated carbocycles. The quantitative estimate of drug-likeness (QED) is 0.793. The van der Waals surface area contributed by atoms with E-state index in [0.29, 0.717) is 5.69 Å². The third-order valence-corrected chi connectivity index (χ3v) is 6.03. The summed E-state index contributed by atoms with van der Waals surface area (Å²) >= 11 is 0. The number of para-hydroxylation sites is 1. The highest BCUT2D eigenvalue weighted by molar-refractivity contribution is 7.91. The molecule has 0 aromatic heterocycles. The molecule has 1 aliphatic rings. The van der Waals surface area contributed by atoms with Gasteiger partial charge in [-0.1, -0.05) is 18.2 Å². The fourth-order valence-corrected chi connectivity index (χ4v) is 4.40. The second-order valence-corrected chi connectivity index (χ2v) is 7.84. The molecule has 0 spiro atoms. The molecule has 8 heteroatoms. The Balaban J connectivity index is 1.99. The van der Waals surface area contributed by atoms with Crippen LogP contribution < -0.4 is 9.03 Å². The maximum Gasteiger partial charge on any atom is 0.326 e. The normalized spacial score (nSPS) is 16.6. The van der Waals surface area contributed by atoms with Gasteiger partial charge in [-0.05, 0) is 44.2 Å². The average Bonchev–Trinajstić information content (AvgIpc) is 2.57. The smallest absolute Gasteiger partial charge is 0.302 e. The molecule has 1 amide bonds. The highest BCUT2D eigenvalue weighted by Gasteiger charge is 2.27. The molecule has 0 unspecified atom stereocenters. The number of nitrogens with zero attached hydrogens (tertiary/aromatic N) is 2. The molecule has 25 heavy (non-hydrogen) atoms.